The molecular weight excluding hydrogens is 303 g/mol. The Hall–Kier alpha value is -1.95. The first-order valence-corrected chi connectivity index (χ1v) is 6.29. The molecule has 0 heterocycles. The molecule has 0 radical (unpaired) electrons. The summed E-state index contributed by atoms with van der Waals surface area (Å²) in [5.41, 5.74) is 0.848. The second kappa shape index (κ2) is 4.31. The van der Waals surface area contributed by atoms with E-state index < -0.39 is 12.7 Å². The van der Waals surface area contributed by atoms with E-state index in [0.29, 0.717) is 5.56 Å². The zero-order chi connectivity index (χ0) is 15.5. The molecule has 0 aromatic heterocycles. The predicted molar refractivity (Wildman–Crippen MR) is 56.1 cm³/mol. The first-order valence-electron chi connectivity index (χ1n) is 4.26. The Labute approximate surface area is 101 Å². The topological polar surface area (TPSA) is 71.3 Å². The van der Waals surface area contributed by atoms with Crippen molar-refractivity contribution in [3.63, 3.8) is 0 Å². The molecule has 0 amide bonds. The van der Waals surface area contributed by atoms with Crippen LogP contribution in [0, 0.1) is 22.4 Å². The van der Waals surface area contributed by atoms with E-state index in [1.807, 2.05) is 0 Å². The van der Waals surface area contributed by atoms with Crippen molar-refractivity contribution in [2.45, 2.75) is 6.92 Å². The van der Waals surface area contributed by atoms with E-state index in [0.717, 1.165) is 0 Å². The molecule has 19 heavy (non-hydrogen) atoms. The number of non-ortho nitro benzene ring substituents is 1. The van der Waals surface area contributed by atoms with Crippen LogP contribution in [0.15, 0.2) is 18.2 Å². The van der Waals surface area contributed by atoms with Crippen LogP contribution in [0.1, 0.15) is 5.56 Å². The second-order valence-electron chi connectivity index (χ2n) is 3.29. The van der Waals surface area contributed by atoms with E-state index in [1.165, 1.54) is 18.2 Å². The molecule has 0 saturated heterocycles. The molecule has 12 heteroatoms. The maximum absolute atomic E-state index is 10.7. The third kappa shape index (κ3) is 10.9. The molecule has 5 nitrogen and oxygen atoms in total. The first kappa shape index (κ1) is 17.1. The summed E-state index contributed by atoms with van der Waals surface area (Å²) in [6.45, 7) is 1.71. The molecule has 0 aliphatic heterocycles. The van der Waals surface area contributed by atoms with Gasteiger partial charge in [0.05, 0.1) is 4.92 Å². The van der Waals surface area contributed by atoms with Gasteiger partial charge in [0.2, 0.25) is 5.39 Å². The summed E-state index contributed by atoms with van der Waals surface area (Å²) in [4.78, 5) is 12.6. The number of aryl methyl sites for hydroxylation is 1. The molecule has 1 aromatic carbocycles. The van der Waals surface area contributed by atoms with Crippen LogP contribution in [0.4, 0.5) is 36.6 Å². The van der Waals surface area contributed by atoms with Gasteiger partial charge in [-0.15, -0.1) is 0 Å². The van der Waals surface area contributed by atoms with E-state index >= 15 is 0 Å². The van der Waals surface area contributed by atoms with Gasteiger partial charge in [0.1, 0.15) is 6.07 Å². The van der Waals surface area contributed by atoms with Crippen LogP contribution in [0.3, 0.4) is 0 Å². The van der Waals surface area contributed by atoms with Crippen molar-refractivity contribution in [1.29, 1.82) is 5.39 Å². The van der Waals surface area contributed by atoms with Crippen LogP contribution in [-0.2, 0) is 0 Å². The number of nitro groups is 1. The summed E-state index contributed by atoms with van der Waals surface area (Å²) in [6.07, 6.45) is 0. The molecule has 108 valence electrons. The van der Waals surface area contributed by atoms with Crippen LogP contribution in [0.2, 0.25) is 0 Å². The average molecular weight is 309 g/mol. The molecule has 1 aromatic rings. The van der Waals surface area contributed by atoms with E-state index in [9.17, 15) is 35.3 Å². The van der Waals surface area contributed by atoms with Crippen LogP contribution in [0.25, 0.3) is 4.98 Å². The van der Waals surface area contributed by atoms with Crippen molar-refractivity contribution in [2.24, 2.45) is 0 Å². The third-order valence-electron chi connectivity index (χ3n) is 1.51. The number of nitro benzene ring substituents is 1. The van der Waals surface area contributed by atoms with Gasteiger partial charge in [-0.3, -0.25) is 10.1 Å². The van der Waals surface area contributed by atoms with E-state index in [4.69, 9.17) is 5.39 Å². The third-order valence-corrected chi connectivity index (χ3v) is 1.51. The second-order valence-corrected chi connectivity index (χ2v) is 5.20. The first-order chi connectivity index (χ1) is 8.10. The molecule has 0 atom stereocenters. The summed E-state index contributed by atoms with van der Waals surface area (Å²) in [7, 11) is -10.7. The van der Waals surface area contributed by atoms with Crippen LogP contribution in [0.5, 0.6) is 0 Å². The monoisotopic (exact) mass is 309 g/mol. The Balaban J connectivity index is 0.000000399. The van der Waals surface area contributed by atoms with Crippen molar-refractivity contribution in [2.75, 3.05) is 0 Å². The van der Waals surface area contributed by atoms with Crippen molar-refractivity contribution in [3.8, 4) is 0 Å². The number of benzene rings is 1. The van der Waals surface area contributed by atoms with Gasteiger partial charge < -0.3 is 0 Å². The Morgan fingerprint density at radius 1 is 1.21 bits per heavy atom. The van der Waals surface area contributed by atoms with Gasteiger partial charge in [-0.25, -0.2) is 0 Å². The van der Waals surface area contributed by atoms with Crippen LogP contribution < -0.4 is 0 Å². The maximum atomic E-state index is 10.3. The van der Waals surface area contributed by atoms with Crippen LogP contribution in [-0.4, -0.2) is 4.92 Å². The normalized spacial score (nSPS) is 14.2. The molecule has 0 aliphatic rings. The number of nitrogens with zero attached hydrogens (tertiary/aromatic N) is 3. The zero-order valence-corrected chi connectivity index (χ0v) is 10.00. The molecule has 0 N–H and O–H groups in total. The van der Waals surface area contributed by atoms with Crippen LogP contribution >= 0.6 is 7.81 Å². The fraction of sp³-hybridized carbons (Fsp3) is 0.143. The van der Waals surface area contributed by atoms with E-state index in [1.54, 1.807) is 6.92 Å². The number of hydrogen-bond acceptors (Lipinski definition) is 3. The van der Waals surface area contributed by atoms with Crippen molar-refractivity contribution in [1.82, 2.24) is 0 Å². The van der Waals surface area contributed by atoms with Gasteiger partial charge in [-0.05, 0) is 13.0 Å². The number of halogens is 6. The fourth-order valence-corrected chi connectivity index (χ4v) is 0.819. The van der Waals surface area contributed by atoms with Gasteiger partial charge in [-0.2, -0.15) is 0 Å². The number of rotatable bonds is 1. The minimum atomic E-state index is -10.7. The quantitative estimate of drug-likeness (QED) is 0.217. The summed E-state index contributed by atoms with van der Waals surface area (Å²) >= 11 is 0. The molecule has 0 aliphatic carbocycles. The summed E-state index contributed by atoms with van der Waals surface area (Å²) in [6, 6.07) is 4.12. The van der Waals surface area contributed by atoms with Crippen molar-refractivity contribution >= 4 is 19.2 Å². The summed E-state index contributed by atoms with van der Waals surface area (Å²) in [5, 5.41) is 18.7. The molecule has 0 unspecified atom stereocenters. The predicted octanol–water partition coefficient (Wildman–Crippen LogP) is 5.77. The number of diazo groups is 1. The van der Waals surface area contributed by atoms with Gasteiger partial charge in [-0.1, -0.05) is 0 Å². The van der Waals surface area contributed by atoms with Gasteiger partial charge in [0, 0.05) is 11.6 Å². The molecule has 0 saturated carbocycles. The fourth-order valence-electron chi connectivity index (χ4n) is 0.819. The SMILES string of the molecule is Cc1ccc([N+](=O)[O-])cc1[N+]#N.F[P-](F)(F)(F)(F)F. The van der Waals surface area contributed by atoms with Gasteiger partial charge >= 0.3 is 38.7 Å². The van der Waals surface area contributed by atoms with E-state index in [-0.39, 0.29) is 11.4 Å². The van der Waals surface area contributed by atoms with Gasteiger partial charge in [0.25, 0.3) is 5.69 Å². The molecule has 0 bridgehead atoms. The molecule has 1 rings (SSSR count). The van der Waals surface area contributed by atoms with Gasteiger partial charge in [0.15, 0.2) is 4.98 Å². The Bertz CT molecular complexity index is 538. The Morgan fingerprint density at radius 3 is 1.95 bits per heavy atom. The zero-order valence-electron chi connectivity index (χ0n) is 9.11. The Kier molecular flexibility index (Phi) is 3.87. The summed E-state index contributed by atoms with van der Waals surface area (Å²) < 4.78 is 59.2. The summed E-state index contributed by atoms with van der Waals surface area (Å²) in [5.74, 6) is 0. The molecular formula is C7H6F6N3O2P. The standard InChI is InChI=1S/C7H6N3O2.F6P/c1-5-2-3-6(10(11)12)4-7(5)9-8;1-7(2,3,4,5)6/h2-4H,1H3;/q+1;-1. The molecule has 0 fully saturated rings. The molecule has 0 spiro atoms. The van der Waals surface area contributed by atoms with Crippen molar-refractivity contribution in [3.05, 3.63) is 38.9 Å². The Morgan fingerprint density at radius 2 is 1.63 bits per heavy atom. The number of hydrogen-bond donors (Lipinski definition) is 0. The van der Waals surface area contributed by atoms with Crippen molar-refractivity contribution < 1.29 is 30.1 Å². The van der Waals surface area contributed by atoms with E-state index in [2.05, 4.69) is 4.98 Å². The average Bonchev–Trinajstić information content (AvgIpc) is 2.13. The minimum absolute atomic E-state index is 0.0756.